The Kier molecular flexibility index (Phi) is 16.4. The molecule has 0 heterocycles. The maximum absolute atomic E-state index is 8.36. The molecule has 0 aromatic carbocycles. The van der Waals surface area contributed by atoms with Crippen molar-refractivity contribution < 1.29 is 41.7 Å². The van der Waals surface area contributed by atoms with Crippen molar-refractivity contribution in [2.45, 2.75) is 37.8 Å². The summed E-state index contributed by atoms with van der Waals surface area (Å²) >= 11 is 0. The molecule has 1 rings (SSSR count). The minimum absolute atomic E-state index is 0. The molecule has 1 saturated carbocycles. The molecular weight excluding hydrogens is 419 g/mol. The first kappa shape index (κ1) is 21.3. The third kappa shape index (κ3) is 25.4. The second-order valence-electron chi connectivity index (χ2n) is 2.97. The van der Waals surface area contributed by atoms with Crippen molar-refractivity contribution in [3.05, 3.63) is 31.7 Å². The minimum atomic E-state index is -1.50. The molecule has 0 unspecified atom stereocenters. The Morgan fingerprint density at radius 1 is 0.941 bits per heavy atom. The largest absolute Gasteiger partial charge is 2.00 e. The van der Waals surface area contributed by atoms with Crippen LogP contribution in [0.4, 0.5) is 0 Å². The van der Waals surface area contributed by atoms with E-state index in [4.69, 9.17) is 42.1 Å². The fraction of sp³-hybridized carbons (Fsp3) is 1.00. The molecule has 0 saturated heterocycles. The Hall–Kier alpha value is -0.992. The third-order valence-corrected chi connectivity index (χ3v) is 1.77. The predicted molar refractivity (Wildman–Crippen MR) is 52.2 cm³/mol. The molecule has 4 N–H and O–H groups in total. The summed E-state index contributed by atoms with van der Waals surface area (Å²) in [5, 5.41) is 27.3. The molecule has 2 atom stereocenters. The van der Waals surface area contributed by atoms with Gasteiger partial charge in [0.1, 0.15) is 0 Å². The molecular formula is C6H14N4O6Pt. The van der Waals surface area contributed by atoms with Crippen molar-refractivity contribution in [2.24, 2.45) is 0 Å². The molecule has 0 amide bonds. The van der Waals surface area contributed by atoms with Gasteiger partial charge in [0.2, 0.25) is 0 Å². The molecule has 1 aliphatic rings. The molecule has 11 heteroatoms. The van der Waals surface area contributed by atoms with E-state index < -0.39 is 10.2 Å². The van der Waals surface area contributed by atoms with Gasteiger partial charge in [-0.15, -0.1) is 20.2 Å². The number of hydrogen-bond donors (Lipinski definition) is 2. The first-order valence-corrected chi connectivity index (χ1v) is 4.36. The zero-order valence-electron chi connectivity index (χ0n) is 8.72. The van der Waals surface area contributed by atoms with Crippen LogP contribution in [0.15, 0.2) is 0 Å². The molecule has 1 aliphatic carbocycles. The summed E-state index contributed by atoms with van der Waals surface area (Å²) in [7, 11) is 0. The summed E-state index contributed by atoms with van der Waals surface area (Å²) in [6, 6.07) is -0.160. The SMILES string of the molecule is O=[N+]([O-])O.O=[N+]([O-])O.[NH-][C@@H]1CCCC[C@@H]1[NH-].[Pt+2]. The van der Waals surface area contributed by atoms with Crippen molar-refractivity contribution in [1.29, 1.82) is 0 Å². The predicted octanol–water partition coefficient (Wildman–Crippen LogP) is 1.70. The van der Waals surface area contributed by atoms with Crippen LogP contribution in [0.5, 0.6) is 0 Å². The van der Waals surface area contributed by atoms with Crippen LogP contribution in [0.3, 0.4) is 0 Å². The van der Waals surface area contributed by atoms with E-state index in [0.29, 0.717) is 0 Å². The van der Waals surface area contributed by atoms with Gasteiger partial charge in [-0.1, -0.05) is 25.7 Å². The quantitative estimate of drug-likeness (QED) is 0.434. The van der Waals surface area contributed by atoms with E-state index in [1.165, 1.54) is 12.8 Å². The van der Waals surface area contributed by atoms with Gasteiger partial charge >= 0.3 is 21.1 Å². The van der Waals surface area contributed by atoms with Gasteiger partial charge < -0.3 is 21.9 Å². The van der Waals surface area contributed by atoms with Gasteiger partial charge in [-0.25, -0.2) is 0 Å². The van der Waals surface area contributed by atoms with Crippen LogP contribution in [-0.4, -0.2) is 32.7 Å². The first-order valence-electron chi connectivity index (χ1n) is 4.36. The van der Waals surface area contributed by atoms with Crippen LogP contribution in [0.2, 0.25) is 0 Å². The van der Waals surface area contributed by atoms with Crippen LogP contribution in [0.1, 0.15) is 25.7 Å². The summed E-state index contributed by atoms with van der Waals surface area (Å²) in [4.78, 5) is 16.7. The van der Waals surface area contributed by atoms with Crippen molar-refractivity contribution in [3.8, 4) is 0 Å². The standard InChI is InChI=1S/C6H12N2.2HNO3.Pt/c7-5-3-1-2-4-6(5)8;2*2-1(3)4;/h5-8H,1-4H2;2*(H,2,3,4);/q-2;;;+2/t5-,6+;;;. The molecule has 10 nitrogen and oxygen atoms in total. The number of hydrogen-bond acceptors (Lipinski definition) is 4. The van der Waals surface area contributed by atoms with Crippen LogP contribution >= 0.6 is 0 Å². The summed E-state index contributed by atoms with van der Waals surface area (Å²) in [6.45, 7) is 0. The van der Waals surface area contributed by atoms with Crippen molar-refractivity contribution in [3.63, 3.8) is 0 Å². The summed E-state index contributed by atoms with van der Waals surface area (Å²) in [6.07, 6.45) is 4.25. The van der Waals surface area contributed by atoms with Gasteiger partial charge in [0, 0.05) is 0 Å². The average molecular weight is 433 g/mol. The minimum Gasteiger partial charge on any atom is -0.676 e. The zero-order chi connectivity index (χ0) is 13.1. The number of nitrogens with one attached hydrogen (secondary N) is 2. The normalized spacial score (nSPS) is 21.5. The zero-order valence-corrected chi connectivity index (χ0v) is 11.0. The molecule has 0 spiro atoms. The van der Waals surface area contributed by atoms with E-state index in [-0.39, 0.29) is 33.1 Å². The van der Waals surface area contributed by atoms with Gasteiger partial charge in [0.05, 0.1) is 0 Å². The molecule has 0 bridgehead atoms. The smallest absolute Gasteiger partial charge is 0.676 e. The summed E-state index contributed by atoms with van der Waals surface area (Å²) in [5.41, 5.74) is 14.6. The van der Waals surface area contributed by atoms with E-state index in [0.717, 1.165) is 12.8 Å². The Bertz CT molecular complexity index is 189. The second-order valence-corrected chi connectivity index (χ2v) is 2.97. The topological polar surface area (TPSA) is 174 Å². The maximum Gasteiger partial charge on any atom is 2.00 e. The Morgan fingerprint density at radius 3 is 1.24 bits per heavy atom. The van der Waals surface area contributed by atoms with Crippen LogP contribution in [-0.2, 0) is 21.1 Å². The number of rotatable bonds is 0. The Balaban J connectivity index is -0.000000189. The molecule has 1 fully saturated rings. The fourth-order valence-corrected chi connectivity index (χ4v) is 1.13. The Labute approximate surface area is 111 Å². The average Bonchev–Trinajstić information content (AvgIpc) is 2.08. The van der Waals surface area contributed by atoms with Crippen molar-refractivity contribution in [2.75, 3.05) is 0 Å². The monoisotopic (exact) mass is 433 g/mol. The molecule has 104 valence electrons. The summed E-state index contributed by atoms with van der Waals surface area (Å²) in [5.74, 6) is 0. The van der Waals surface area contributed by atoms with E-state index in [2.05, 4.69) is 0 Å². The fourth-order valence-electron chi connectivity index (χ4n) is 1.13. The maximum atomic E-state index is 8.36. The molecule has 0 aromatic heterocycles. The van der Waals surface area contributed by atoms with Gasteiger partial charge in [-0.3, -0.25) is 0 Å². The van der Waals surface area contributed by atoms with Crippen molar-refractivity contribution in [1.82, 2.24) is 0 Å². The third-order valence-electron chi connectivity index (χ3n) is 1.77. The van der Waals surface area contributed by atoms with Gasteiger partial charge in [-0.2, -0.15) is 12.1 Å². The number of nitrogens with zero attached hydrogens (tertiary/aromatic N) is 2. The Morgan fingerprint density at radius 2 is 1.12 bits per heavy atom. The molecule has 17 heavy (non-hydrogen) atoms. The second kappa shape index (κ2) is 13.1. The van der Waals surface area contributed by atoms with E-state index in [1.807, 2.05) is 0 Å². The van der Waals surface area contributed by atoms with Gasteiger partial charge in [0.15, 0.2) is 0 Å². The molecule has 0 aromatic rings. The van der Waals surface area contributed by atoms with E-state index in [9.17, 15) is 0 Å². The van der Waals surface area contributed by atoms with E-state index in [1.54, 1.807) is 0 Å². The van der Waals surface area contributed by atoms with Crippen LogP contribution in [0.25, 0.3) is 11.5 Å². The van der Waals surface area contributed by atoms with Crippen molar-refractivity contribution >= 4 is 0 Å². The van der Waals surface area contributed by atoms with Gasteiger partial charge in [-0.05, 0) is 0 Å². The van der Waals surface area contributed by atoms with Crippen LogP contribution < -0.4 is 0 Å². The first-order chi connectivity index (χ1) is 7.27. The summed E-state index contributed by atoms with van der Waals surface area (Å²) < 4.78 is 0. The van der Waals surface area contributed by atoms with Crippen LogP contribution in [0, 0.1) is 20.2 Å². The molecule has 0 aliphatic heterocycles. The van der Waals surface area contributed by atoms with Gasteiger partial charge in [0.25, 0.3) is 10.2 Å². The van der Waals surface area contributed by atoms with E-state index >= 15 is 0 Å². The molecule has 0 radical (unpaired) electrons.